The molecule has 0 radical (unpaired) electrons. The molecule has 5 nitrogen and oxygen atoms in total. The summed E-state index contributed by atoms with van der Waals surface area (Å²) in [6, 6.07) is 5.58. The third-order valence-electron chi connectivity index (χ3n) is 2.47. The van der Waals surface area contributed by atoms with Crippen molar-refractivity contribution in [1.82, 2.24) is 9.97 Å². The summed E-state index contributed by atoms with van der Waals surface area (Å²) in [6.07, 6.45) is 1.67. The molecule has 17 heavy (non-hydrogen) atoms. The zero-order valence-corrected chi connectivity index (χ0v) is 9.73. The molecule has 0 spiro atoms. The van der Waals surface area contributed by atoms with E-state index in [1.54, 1.807) is 20.4 Å². The molecule has 0 saturated carbocycles. The van der Waals surface area contributed by atoms with E-state index in [4.69, 9.17) is 14.6 Å². The number of aliphatic hydroxyl groups excluding tert-OH is 1. The zero-order chi connectivity index (χ0) is 12.3. The molecule has 0 fully saturated rings. The van der Waals surface area contributed by atoms with Crippen LogP contribution >= 0.6 is 0 Å². The Hall–Kier alpha value is -2.01. The number of ether oxygens (including phenoxy) is 2. The number of hydrogen-bond donors (Lipinski definition) is 2. The van der Waals surface area contributed by atoms with Gasteiger partial charge in [0.15, 0.2) is 11.5 Å². The predicted octanol–water partition coefficient (Wildman–Crippen LogP) is 1.59. The summed E-state index contributed by atoms with van der Waals surface area (Å²) in [5.41, 5.74) is 1.75. The van der Waals surface area contributed by atoms with Crippen molar-refractivity contribution in [2.45, 2.75) is 6.61 Å². The fourth-order valence-corrected chi connectivity index (χ4v) is 1.59. The van der Waals surface area contributed by atoms with Crippen LogP contribution in [0, 0.1) is 0 Å². The number of nitrogens with zero attached hydrogens (tertiary/aromatic N) is 1. The molecule has 0 aliphatic rings. The Morgan fingerprint density at radius 3 is 2.59 bits per heavy atom. The monoisotopic (exact) mass is 234 g/mol. The van der Waals surface area contributed by atoms with Crippen molar-refractivity contribution < 1.29 is 14.6 Å². The quantitative estimate of drug-likeness (QED) is 0.843. The van der Waals surface area contributed by atoms with Crippen LogP contribution in [0.4, 0.5) is 0 Å². The van der Waals surface area contributed by atoms with Crippen molar-refractivity contribution in [3.8, 4) is 22.8 Å². The molecule has 0 aliphatic heterocycles. The molecular weight excluding hydrogens is 220 g/mol. The van der Waals surface area contributed by atoms with Crippen LogP contribution in [0.5, 0.6) is 11.5 Å². The van der Waals surface area contributed by atoms with Gasteiger partial charge in [-0.25, -0.2) is 4.98 Å². The molecule has 2 aromatic rings. The van der Waals surface area contributed by atoms with Gasteiger partial charge in [0.25, 0.3) is 0 Å². The number of methoxy groups -OCH3 is 2. The van der Waals surface area contributed by atoms with Gasteiger partial charge in [0.05, 0.1) is 26.1 Å². The van der Waals surface area contributed by atoms with Gasteiger partial charge in [-0.3, -0.25) is 0 Å². The molecule has 2 rings (SSSR count). The first-order chi connectivity index (χ1) is 8.28. The van der Waals surface area contributed by atoms with Crippen molar-refractivity contribution in [3.05, 3.63) is 30.2 Å². The van der Waals surface area contributed by atoms with Gasteiger partial charge in [0, 0.05) is 5.56 Å². The largest absolute Gasteiger partial charge is 0.493 e. The second-order valence-corrected chi connectivity index (χ2v) is 3.47. The summed E-state index contributed by atoms with van der Waals surface area (Å²) < 4.78 is 10.4. The summed E-state index contributed by atoms with van der Waals surface area (Å²) in [5.74, 6) is 1.87. The molecule has 2 N–H and O–H groups in total. The Kier molecular flexibility index (Phi) is 3.30. The minimum Gasteiger partial charge on any atom is -0.493 e. The average molecular weight is 234 g/mol. The van der Waals surface area contributed by atoms with Gasteiger partial charge in [-0.05, 0) is 18.2 Å². The highest BCUT2D eigenvalue weighted by atomic mass is 16.5. The van der Waals surface area contributed by atoms with E-state index < -0.39 is 0 Å². The lowest BCUT2D eigenvalue weighted by molar-refractivity contribution is 0.272. The topological polar surface area (TPSA) is 67.4 Å². The second kappa shape index (κ2) is 4.88. The first kappa shape index (κ1) is 11.5. The lowest BCUT2D eigenvalue weighted by Gasteiger charge is -2.08. The maximum Gasteiger partial charge on any atom is 0.161 e. The van der Waals surface area contributed by atoms with E-state index in [1.165, 1.54) is 0 Å². The third-order valence-corrected chi connectivity index (χ3v) is 2.47. The van der Waals surface area contributed by atoms with E-state index in [9.17, 15) is 0 Å². The van der Waals surface area contributed by atoms with Crippen molar-refractivity contribution in [2.24, 2.45) is 0 Å². The van der Waals surface area contributed by atoms with Crippen LogP contribution in [-0.4, -0.2) is 29.3 Å². The number of benzene rings is 1. The summed E-state index contributed by atoms with van der Waals surface area (Å²) in [6.45, 7) is -0.104. The highest BCUT2D eigenvalue weighted by molar-refractivity contribution is 5.63. The molecule has 0 saturated heterocycles. The minimum atomic E-state index is -0.104. The number of aromatic nitrogens is 2. The van der Waals surface area contributed by atoms with Crippen molar-refractivity contribution in [1.29, 1.82) is 0 Å². The standard InChI is InChI=1S/C12H14N2O3/c1-16-10-4-3-8(5-11(10)17-2)9-6-13-12(7-15)14-9/h3-6,15H,7H2,1-2H3,(H,13,14). The summed E-state index contributed by atoms with van der Waals surface area (Å²) in [5, 5.41) is 8.94. The molecule has 0 aliphatic carbocycles. The Morgan fingerprint density at radius 2 is 2.00 bits per heavy atom. The fraction of sp³-hybridized carbons (Fsp3) is 0.250. The number of H-pyrrole nitrogens is 1. The summed E-state index contributed by atoms with van der Waals surface area (Å²) >= 11 is 0. The molecule has 1 aromatic heterocycles. The Labute approximate surface area is 99.0 Å². The number of nitrogens with one attached hydrogen (secondary N) is 1. The van der Waals surface area contributed by atoms with E-state index in [1.807, 2.05) is 18.2 Å². The van der Waals surface area contributed by atoms with E-state index in [0.29, 0.717) is 17.3 Å². The van der Waals surface area contributed by atoms with Crippen LogP contribution in [0.3, 0.4) is 0 Å². The lowest BCUT2D eigenvalue weighted by Crippen LogP contribution is -1.91. The maximum absolute atomic E-state index is 8.94. The van der Waals surface area contributed by atoms with Crippen LogP contribution in [0.1, 0.15) is 5.82 Å². The minimum absolute atomic E-state index is 0.104. The smallest absolute Gasteiger partial charge is 0.161 e. The van der Waals surface area contributed by atoms with E-state index in [-0.39, 0.29) is 6.61 Å². The van der Waals surface area contributed by atoms with E-state index >= 15 is 0 Å². The predicted molar refractivity (Wildman–Crippen MR) is 63.1 cm³/mol. The van der Waals surface area contributed by atoms with Gasteiger partial charge in [-0.15, -0.1) is 0 Å². The van der Waals surface area contributed by atoms with Crippen LogP contribution < -0.4 is 9.47 Å². The zero-order valence-electron chi connectivity index (χ0n) is 9.73. The maximum atomic E-state index is 8.94. The number of aromatic amines is 1. The SMILES string of the molecule is COc1ccc(-c2cnc(CO)[nH]2)cc1OC. The normalized spacial score (nSPS) is 10.3. The molecule has 5 heteroatoms. The lowest BCUT2D eigenvalue weighted by atomic mass is 10.1. The average Bonchev–Trinajstić information content (AvgIpc) is 2.86. The van der Waals surface area contributed by atoms with Crippen LogP contribution in [0.2, 0.25) is 0 Å². The van der Waals surface area contributed by atoms with Gasteiger partial charge in [-0.1, -0.05) is 0 Å². The summed E-state index contributed by atoms with van der Waals surface area (Å²) in [4.78, 5) is 7.04. The highest BCUT2D eigenvalue weighted by Gasteiger charge is 2.08. The van der Waals surface area contributed by atoms with Crippen LogP contribution in [0.25, 0.3) is 11.3 Å². The molecule has 0 unspecified atom stereocenters. The number of hydrogen-bond acceptors (Lipinski definition) is 4. The van der Waals surface area contributed by atoms with Gasteiger partial charge < -0.3 is 19.6 Å². The fourth-order valence-electron chi connectivity index (χ4n) is 1.59. The second-order valence-electron chi connectivity index (χ2n) is 3.47. The Morgan fingerprint density at radius 1 is 1.24 bits per heavy atom. The van der Waals surface area contributed by atoms with Gasteiger partial charge >= 0.3 is 0 Å². The van der Waals surface area contributed by atoms with Crippen LogP contribution in [-0.2, 0) is 6.61 Å². The highest BCUT2D eigenvalue weighted by Crippen LogP contribution is 2.31. The van der Waals surface area contributed by atoms with Crippen molar-refractivity contribution >= 4 is 0 Å². The van der Waals surface area contributed by atoms with Gasteiger partial charge in [0.1, 0.15) is 12.4 Å². The molecular formula is C12H14N2O3. The number of rotatable bonds is 4. The molecule has 1 aromatic carbocycles. The van der Waals surface area contributed by atoms with Crippen molar-refractivity contribution in [3.63, 3.8) is 0 Å². The van der Waals surface area contributed by atoms with E-state index in [0.717, 1.165) is 11.3 Å². The van der Waals surface area contributed by atoms with Gasteiger partial charge in [0.2, 0.25) is 0 Å². The van der Waals surface area contributed by atoms with Gasteiger partial charge in [-0.2, -0.15) is 0 Å². The first-order valence-electron chi connectivity index (χ1n) is 5.15. The van der Waals surface area contributed by atoms with E-state index in [2.05, 4.69) is 9.97 Å². The Bertz CT molecular complexity index is 508. The molecule has 0 atom stereocenters. The number of imidazole rings is 1. The molecule has 0 amide bonds. The Balaban J connectivity index is 2.38. The molecule has 0 bridgehead atoms. The summed E-state index contributed by atoms with van der Waals surface area (Å²) in [7, 11) is 3.19. The molecule has 1 heterocycles. The molecule has 90 valence electrons. The third kappa shape index (κ3) is 2.24. The first-order valence-corrected chi connectivity index (χ1v) is 5.15. The van der Waals surface area contributed by atoms with Crippen molar-refractivity contribution in [2.75, 3.05) is 14.2 Å². The van der Waals surface area contributed by atoms with Crippen LogP contribution in [0.15, 0.2) is 24.4 Å². The number of aliphatic hydroxyl groups is 1.